The Morgan fingerprint density at radius 3 is 2.48 bits per heavy atom. The van der Waals surface area contributed by atoms with Crippen molar-refractivity contribution < 1.29 is 22.7 Å². The van der Waals surface area contributed by atoms with Crippen molar-refractivity contribution in [3.05, 3.63) is 77.9 Å². The second-order valence-corrected chi connectivity index (χ2v) is 8.59. The molecule has 3 aromatic rings. The number of sulfonamides is 1. The molecule has 0 spiro atoms. The zero-order valence-corrected chi connectivity index (χ0v) is 18.3. The molecule has 0 bridgehead atoms. The second-order valence-electron chi connectivity index (χ2n) is 6.94. The summed E-state index contributed by atoms with van der Waals surface area (Å²) in [5, 5.41) is 2.67. The van der Waals surface area contributed by atoms with Crippen LogP contribution >= 0.6 is 0 Å². The minimum atomic E-state index is -3.91. The van der Waals surface area contributed by atoms with Crippen LogP contribution in [0.25, 0.3) is 0 Å². The van der Waals surface area contributed by atoms with E-state index in [0.717, 1.165) is 5.56 Å². The Bertz CT molecular complexity index is 1190. The minimum absolute atomic E-state index is 0.0517. The zero-order valence-electron chi connectivity index (χ0n) is 17.5. The van der Waals surface area contributed by atoms with Crippen molar-refractivity contribution in [3.63, 3.8) is 0 Å². The minimum Gasteiger partial charge on any atom is -0.495 e. The molecule has 0 heterocycles. The number of amides is 1. The lowest BCUT2D eigenvalue weighted by Crippen LogP contribution is -2.21. The van der Waals surface area contributed by atoms with E-state index in [9.17, 15) is 13.2 Å². The Morgan fingerprint density at radius 1 is 0.968 bits per heavy atom. The van der Waals surface area contributed by atoms with Gasteiger partial charge in [-0.2, -0.15) is 0 Å². The summed E-state index contributed by atoms with van der Waals surface area (Å²) in [4.78, 5) is 12.3. The number of methoxy groups -OCH3 is 1. The van der Waals surface area contributed by atoms with Crippen LogP contribution in [0.1, 0.15) is 11.1 Å². The highest BCUT2D eigenvalue weighted by Crippen LogP contribution is 2.28. The van der Waals surface area contributed by atoms with Crippen LogP contribution in [0.2, 0.25) is 0 Å². The van der Waals surface area contributed by atoms with Crippen LogP contribution in [-0.4, -0.2) is 28.0 Å². The molecule has 0 aliphatic heterocycles. The average molecular weight is 441 g/mol. The summed E-state index contributed by atoms with van der Waals surface area (Å²) in [7, 11) is -2.44. The quantitative estimate of drug-likeness (QED) is 0.549. The first-order valence-electron chi connectivity index (χ1n) is 9.54. The van der Waals surface area contributed by atoms with Gasteiger partial charge in [-0.05, 0) is 61.4 Å². The van der Waals surface area contributed by atoms with Gasteiger partial charge in [0, 0.05) is 5.69 Å². The predicted molar refractivity (Wildman–Crippen MR) is 120 cm³/mol. The van der Waals surface area contributed by atoms with Crippen molar-refractivity contribution in [1.29, 1.82) is 0 Å². The van der Waals surface area contributed by atoms with Gasteiger partial charge >= 0.3 is 0 Å². The number of carbonyl (C=O) groups is 1. The zero-order chi connectivity index (χ0) is 22.4. The molecule has 7 nitrogen and oxygen atoms in total. The molecule has 8 heteroatoms. The van der Waals surface area contributed by atoms with E-state index in [-0.39, 0.29) is 11.5 Å². The van der Waals surface area contributed by atoms with Crippen molar-refractivity contribution in [3.8, 4) is 11.5 Å². The number of rotatable bonds is 8. The number of ether oxygens (including phenoxy) is 2. The van der Waals surface area contributed by atoms with E-state index in [1.54, 1.807) is 49.4 Å². The molecule has 0 aliphatic rings. The number of carbonyl (C=O) groups excluding carboxylic acids is 1. The molecule has 0 atom stereocenters. The van der Waals surface area contributed by atoms with E-state index >= 15 is 0 Å². The van der Waals surface area contributed by atoms with Gasteiger partial charge < -0.3 is 14.8 Å². The first-order valence-corrected chi connectivity index (χ1v) is 11.0. The maximum absolute atomic E-state index is 13.0. The summed E-state index contributed by atoms with van der Waals surface area (Å²) in [6.45, 7) is 3.42. The Kier molecular flexibility index (Phi) is 6.81. The molecule has 0 fully saturated rings. The predicted octanol–water partition coefficient (Wildman–Crippen LogP) is 4.13. The van der Waals surface area contributed by atoms with Crippen LogP contribution in [0.15, 0.2) is 71.6 Å². The Morgan fingerprint density at radius 2 is 1.74 bits per heavy atom. The van der Waals surface area contributed by atoms with Crippen molar-refractivity contribution in [2.75, 3.05) is 23.8 Å². The van der Waals surface area contributed by atoms with Gasteiger partial charge in [-0.25, -0.2) is 8.42 Å². The topological polar surface area (TPSA) is 93.7 Å². The molecule has 162 valence electrons. The third-order valence-electron chi connectivity index (χ3n) is 4.47. The Labute approximate surface area is 182 Å². The number of anilines is 2. The highest BCUT2D eigenvalue weighted by atomic mass is 32.2. The number of aryl methyl sites for hydroxylation is 2. The van der Waals surface area contributed by atoms with Crippen molar-refractivity contribution in [1.82, 2.24) is 0 Å². The largest absolute Gasteiger partial charge is 0.495 e. The summed E-state index contributed by atoms with van der Waals surface area (Å²) in [6.07, 6.45) is 0. The van der Waals surface area contributed by atoms with E-state index in [4.69, 9.17) is 9.47 Å². The molecule has 3 rings (SSSR count). The molecular weight excluding hydrogens is 416 g/mol. The SMILES string of the molecule is COc1ccccc1NS(=O)(=O)c1cc(NC(=O)COc2cccc(C)c2)ccc1C. The van der Waals surface area contributed by atoms with Gasteiger partial charge in [0.2, 0.25) is 0 Å². The molecule has 0 saturated heterocycles. The van der Waals surface area contributed by atoms with Gasteiger partial charge in [0.05, 0.1) is 17.7 Å². The average Bonchev–Trinajstić information content (AvgIpc) is 2.74. The molecule has 0 aromatic heterocycles. The maximum atomic E-state index is 13.0. The van der Waals surface area contributed by atoms with Crippen LogP contribution < -0.4 is 19.5 Å². The van der Waals surface area contributed by atoms with Crippen LogP contribution in [0.5, 0.6) is 11.5 Å². The van der Waals surface area contributed by atoms with Gasteiger partial charge in [0.15, 0.2) is 6.61 Å². The van der Waals surface area contributed by atoms with Crippen LogP contribution in [0.3, 0.4) is 0 Å². The number of benzene rings is 3. The summed E-state index contributed by atoms with van der Waals surface area (Å²) in [5.41, 5.74) is 2.24. The van der Waals surface area contributed by atoms with Gasteiger partial charge in [0.25, 0.3) is 15.9 Å². The fraction of sp³-hybridized carbons (Fsp3) is 0.174. The first-order chi connectivity index (χ1) is 14.8. The smallest absolute Gasteiger partial charge is 0.262 e. The van der Waals surface area contributed by atoms with Crippen LogP contribution in [0.4, 0.5) is 11.4 Å². The molecule has 2 N–H and O–H groups in total. The lowest BCUT2D eigenvalue weighted by atomic mass is 10.2. The molecule has 1 amide bonds. The van der Waals surface area contributed by atoms with Crippen molar-refractivity contribution >= 4 is 27.3 Å². The van der Waals surface area contributed by atoms with Crippen LogP contribution in [-0.2, 0) is 14.8 Å². The first kappa shape index (κ1) is 22.2. The van der Waals surface area contributed by atoms with Gasteiger partial charge in [-0.1, -0.05) is 30.3 Å². The summed E-state index contributed by atoms with van der Waals surface area (Å²) < 4.78 is 39.2. The molecule has 0 saturated carbocycles. The van der Waals surface area contributed by atoms with E-state index in [1.807, 2.05) is 25.1 Å². The Balaban J connectivity index is 1.74. The number of nitrogens with one attached hydrogen (secondary N) is 2. The molecule has 0 radical (unpaired) electrons. The van der Waals surface area contributed by atoms with E-state index in [1.165, 1.54) is 13.2 Å². The third kappa shape index (κ3) is 5.76. The standard InChI is InChI=1S/C23H24N2O5S/c1-16-7-6-8-19(13-16)30-15-23(26)24-18-12-11-17(2)22(14-18)31(27,28)25-20-9-4-5-10-21(20)29-3/h4-14,25H,15H2,1-3H3,(H,24,26). The van der Waals surface area contributed by atoms with Gasteiger partial charge in [-0.3, -0.25) is 9.52 Å². The summed E-state index contributed by atoms with van der Waals surface area (Å²) >= 11 is 0. The maximum Gasteiger partial charge on any atom is 0.262 e. The highest BCUT2D eigenvalue weighted by Gasteiger charge is 2.20. The fourth-order valence-corrected chi connectivity index (χ4v) is 4.29. The molecule has 0 aliphatic carbocycles. The normalized spacial score (nSPS) is 10.9. The summed E-state index contributed by atoms with van der Waals surface area (Å²) in [5.74, 6) is 0.594. The number of hydrogen-bond acceptors (Lipinski definition) is 5. The molecule has 31 heavy (non-hydrogen) atoms. The van der Waals surface area contributed by atoms with E-state index in [2.05, 4.69) is 10.0 Å². The lowest BCUT2D eigenvalue weighted by molar-refractivity contribution is -0.118. The molecular formula is C23H24N2O5S. The second kappa shape index (κ2) is 9.53. The highest BCUT2D eigenvalue weighted by molar-refractivity contribution is 7.92. The van der Waals surface area contributed by atoms with Gasteiger partial charge in [0.1, 0.15) is 11.5 Å². The van der Waals surface area contributed by atoms with Crippen molar-refractivity contribution in [2.45, 2.75) is 18.7 Å². The number of hydrogen-bond donors (Lipinski definition) is 2. The van der Waals surface area contributed by atoms with Crippen molar-refractivity contribution in [2.24, 2.45) is 0 Å². The number of para-hydroxylation sites is 2. The summed E-state index contributed by atoms with van der Waals surface area (Å²) in [6, 6.07) is 18.8. The Hall–Kier alpha value is -3.52. The molecule has 3 aromatic carbocycles. The van der Waals surface area contributed by atoms with Gasteiger partial charge in [-0.15, -0.1) is 0 Å². The monoisotopic (exact) mass is 440 g/mol. The lowest BCUT2D eigenvalue weighted by Gasteiger charge is -2.14. The van der Waals surface area contributed by atoms with Crippen LogP contribution in [0, 0.1) is 13.8 Å². The molecule has 0 unspecified atom stereocenters. The van der Waals surface area contributed by atoms with E-state index in [0.29, 0.717) is 28.4 Å². The van der Waals surface area contributed by atoms with E-state index < -0.39 is 15.9 Å². The fourth-order valence-electron chi connectivity index (χ4n) is 2.95. The third-order valence-corrected chi connectivity index (χ3v) is 5.98.